The molecule has 0 atom stereocenters. The van der Waals surface area contributed by atoms with E-state index in [1.165, 1.54) is 0 Å². The smallest absolute Gasteiger partial charge is 0.222 e. The Morgan fingerprint density at radius 1 is 1.71 bits per heavy atom. The van der Waals surface area contributed by atoms with Crippen LogP contribution in [0, 0.1) is 0 Å². The molecule has 0 aliphatic carbocycles. The van der Waals surface area contributed by atoms with Gasteiger partial charge in [0.15, 0.2) is 0 Å². The largest absolute Gasteiger partial charge is 0.534 e. The molecule has 1 rings (SSSR count). The van der Waals surface area contributed by atoms with Crippen molar-refractivity contribution in [3.63, 3.8) is 0 Å². The summed E-state index contributed by atoms with van der Waals surface area (Å²) in [5, 5.41) is 9.39. The summed E-state index contributed by atoms with van der Waals surface area (Å²) in [7, 11) is 0. The molecule has 1 aliphatic heterocycles. The third kappa shape index (κ3) is 10.7. The first kappa shape index (κ1) is 6.66. The summed E-state index contributed by atoms with van der Waals surface area (Å²) in [6.07, 6.45) is 1.75. The molecule has 0 N–H and O–H groups in total. The van der Waals surface area contributed by atoms with E-state index in [2.05, 4.69) is 6.58 Å². The Kier molecular flexibility index (Phi) is 3.65. The van der Waals surface area contributed by atoms with Crippen molar-refractivity contribution in [2.45, 2.75) is 6.92 Å². The van der Waals surface area contributed by atoms with Crippen molar-refractivity contribution in [3.05, 3.63) is 12.7 Å². The lowest BCUT2D eigenvalue weighted by molar-refractivity contribution is -0.730. The lowest BCUT2D eigenvalue weighted by atomic mass is 10.8. The van der Waals surface area contributed by atoms with E-state index in [1.54, 1.807) is 10.6 Å². The van der Waals surface area contributed by atoms with Crippen molar-refractivity contribution in [2.75, 3.05) is 13.2 Å². The van der Waals surface area contributed by atoms with E-state index in [0.717, 1.165) is 0 Å². The van der Waals surface area contributed by atoms with Crippen molar-refractivity contribution in [1.29, 1.82) is 0 Å². The van der Waals surface area contributed by atoms with Gasteiger partial charge in [-0.05, 0) is 6.92 Å². The number of allylic oxidation sites excluding steroid dienone is 1. The zero-order valence-corrected chi connectivity index (χ0v) is 4.52. The standard InChI is InChI=1S/C3H6.C2H4O2/c1-3-2;3-4-1-2-4/h3H,1H2,2H3;1-2H2. The number of hydrogen-bond donors (Lipinski definition) is 0. The van der Waals surface area contributed by atoms with Crippen LogP contribution in [0.25, 0.3) is 0 Å². The van der Waals surface area contributed by atoms with E-state index < -0.39 is 0 Å². The van der Waals surface area contributed by atoms with Gasteiger partial charge in [-0.2, -0.15) is 0 Å². The normalized spacial score (nSPS) is 16.9. The molecule has 1 heterocycles. The van der Waals surface area contributed by atoms with E-state index in [0.29, 0.717) is 13.2 Å². The molecule has 0 aromatic rings. The monoisotopic (exact) mass is 102 g/mol. The summed E-state index contributed by atoms with van der Waals surface area (Å²) in [5.74, 6) is 0. The average molecular weight is 102 g/mol. The van der Waals surface area contributed by atoms with Gasteiger partial charge in [0.25, 0.3) is 0 Å². The minimum Gasteiger partial charge on any atom is -0.534 e. The average Bonchev–Trinajstić information content (AvgIpc) is 2.25. The molecule has 0 bridgehead atoms. The zero-order chi connectivity index (χ0) is 5.70. The number of epoxide rings is 1. The van der Waals surface area contributed by atoms with Gasteiger partial charge in [-0.15, -0.1) is 6.58 Å². The van der Waals surface area contributed by atoms with Crippen LogP contribution in [0.15, 0.2) is 12.7 Å². The molecule has 1 aliphatic rings. The van der Waals surface area contributed by atoms with E-state index in [-0.39, 0.29) is 0 Å². The second-order valence-electron chi connectivity index (χ2n) is 1.26. The predicted molar refractivity (Wildman–Crippen MR) is 26.7 cm³/mol. The summed E-state index contributed by atoms with van der Waals surface area (Å²) < 4.78 is 1.58. The highest BCUT2D eigenvalue weighted by Gasteiger charge is 2.14. The van der Waals surface area contributed by atoms with Crippen molar-refractivity contribution in [3.8, 4) is 0 Å². The molecule has 0 radical (unpaired) electrons. The summed E-state index contributed by atoms with van der Waals surface area (Å²) in [4.78, 5) is 0. The van der Waals surface area contributed by atoms with Gasteiger partial charge in [0, 0.05) is 0 Å². The molecule has 7 heavy (non-hydrogen) atoms. The quantitative estimate of drug-likeness (QED) is 0.183. The van der Waals surface area contributed by atoms with Crippen molar-refractivity contribution in [2.24, 2.45) is 0 Å². The van der Waals surface area contributed by atoms with Crippen LogP contribution in [-0.4, -0.2) is 13.2 Å². The van der Waals surface area contributed by atoms with Gasteiger partial charge < -0.3 is 9.78 Å². The highest BCUT2D eigenvalue weighted by molar-refractivity contribution is 4.51. The maximum absolute atomic E-state index is 9.39. The Bertz CT molecular complexity index is 48.0. The third-order valence-electron chi connectivity index (χ3n) is 0.371. The predicted octanol–water partition coefficient (Wildman–Crippen LogP) is 0.0199. The fourth-order valence-electron chi connectivity index (χ4n) is 0.0340. The molecule has 0 unspecified atom stereocenters. The lowest BCUT2D eigenvalue weighted by Gasteiger charge is -1.84. The maximum Gasteiger partial charge on any atom is 0.222 e. The van der Waals surface area contributed by atoms with Gasteiger partial charge in [-0.3, -0.25) is 0 Å². The van der Waals surface area contributed by atoms with Crippen LogP contribution < -0.4 is 5.26 Å². The van der Waals surface area contributed by atoms with Gasteiger partial charge in [0.1, 0.15) is 0 Å². The molecule has 42 valence electrons. The Morgan fingerprint density at radius 3 is 1.86 bits per heavy atom. The minimum absolute atomic E-state index is 0.681. The lowest BCUT2D eigenvalue weighted by Crippen LogP contribution is -2.01. The van der Waals surface area contributed by atoms with Crippen LogP contribution >= 0.6 is 0 Å². The third-order valence-corrected chi connectivity index (χ3v) is 0.371. The summed E-state index contributed by atoms with van der Waals surface area (Å²) in [5.41, 5.74) is 0. The Labute approximate surface area is 43.7 Å². The van der Waals surface area contributed by atoms with Gasteiger partial charge >= 0.3 is 0 Å². The van der Waals surface area contributed by atoms with Gasteiger partial charge in [0.2, 0.25) is 13.2 Å². The van der Waals surface area contributed by atoms with Crippen LogP contribution in [0.3, 0.4) is 0 Å². The molecule has 0 spiro atoms. The van der Waals surface area contributed by atoms with Crippen LogP contribution in [0.1, 0.15) is 6.92 Å². The summed E-state index contributed by atoms with van der Waals surface area (Å²) >= 11 is 0. The molecule has 0 aromatic heterocycles. The van der Waals surface area contributed by atoms with E-state index in [1.807, 2.05) is 6.92 Å². The van der Waals surface area contributed by atoms with Crippen LogP contribution in [0.5, 0.6) is 0 Å². The van der Waals surface area contributed by atoms with Crippen LogP contribution in [-0.2, 0) is 4.52 Å². The number of rotatable bonds is 0. The van der Waals surface area contributed by atoms with Crippen LogP contribution in [0.4, 0.5) is 0 Å². The molecule has 2 nitrogen and oxygen atoms in total. The first-order chi connectivity index (χ1) is 3.31. The Balaban J connectivity index is 0.000000110. The topological polar surface area (TPSA) is 25.8 Å². The fraction of sp³-hybridized carbons (Fsp3) is 0.600. The summed E-state index contributed by atoms with van der Waals surface area (Å²) in [6, 6.07) is 0. The number of hydrogen-bond acceptors (Lipinski definition) is 1. The second kappa shape index (κ2) is 3.84. The van der Waals surface area contributed by atoms with Crippen molar-refractivity contribution < 1.29 is 9.78 Å². The molecule has 0 amide bonds. The Morgan fingerprint density at radius 2 is 1.86 bits per heavy atom. The van der Waals surface area contributed by atoms with Gasteiger partial charge in [-0.1, -0.05) is 6.08 Å². The first-order valence-corrected chi connectivity index (χ1v) is 2.23. The highest BCUT2D eigenvalue weighted by Crippen LogP contribution is 1.96. The van der Waals surface area contributed by atoms with Crippen molar-refractivity contribution >= 4 is 0 Å². The van der Waals surface area contributed by atoms with Gasteiger partial charge in [0.05, 0.1) is 0 Å². The van der Waals surface area contributed by atoms with E-state index >= 15 is 0 Å². The molecular weight excluding hydrogens is 92.1 g/mol. The molecule has 1 fully saturated rings. The SMILES string of the molecule is C=CC.[O-][O+]1CC1. The second-order valence-corrected chi connectivity index (χ2v) is 1.26. The molecule has 1 saturated heterocycles. The van der Waals surface area contributed by atoms with Gasteiger partial charge in [-0.25, -0.2) is 0 Å². The molecule has 0 aromatic carbocycles. The van der Waals surface area contributed by atoms with E-state index in [4.69, 9.17) is 0 Å². The summed E-state index contributed by atoms with van der Waals surface area (Å²) in [6.45, 7) is 6.61. The fourth-order valence-corrected chi connectivity index (χ4v) is 0.0340. The molecule has 2 heteroatoms. The van der Waals surface area contributed by atoms with Crippen molar-refractivity contribution in [1.82, 2.24) is 0 Å². The van der Waals surface area contributed by atoms with Crippen LogP contribution in [0.2, 0.25) is 0 Å². The minimum atomic E-state index is 0.681. The molecule has 0 saturated carbocycles. The maximum atomic E-state index is 9.39. The zero-order valence-electron chi connectivity index (χ0n) is 4.52. The highest BCUT2D eigenvalue weighted by atomic mass is 17.3. The first-order valence-electron chi connectivity index (χ1n) is 2.23. The molecular formula is C5H10O2. The van der Waals surface area contributed by atoms with E-state index in [9.17, 15) is 5.26 Å². The Hall–Kier alpha value is -0.340.